The van der Waals surface area contributed by atoms with Crippen molar-refractivity contribution in [2.45, 2.75) is 11.1 Å². The van der Waals surface area contributed by atoms with Crippen molar-refractivity contribution in [3.63, 3.8) is 0 Å². The van der Waals surface area contributed by atoms with Gasteiger partial charge in [-0.1, -0.05) is 12.1 Å². The van der Waals surface area contributed by atoms with Gasteiger partial charge in [0.25, 0.3) is 15.9 Å². The van der Waals surface area contributed by atoms with E-state index in [0.29, 0.717) is 11.6 Å². The Kier molecular flexibility index (Phi) is 5.52. The Hall–Kier alpha value is -3.06. The number of hydrogen-bond acceptors (Lipinski definition) is 5. The van der Waals surface area contributed by atoms with Crippen molar-refractivity contribution in [1.29, 1.82) is 5.26 Å². The molecule has 0 aliphatic carbocycles. The van der Waals surface area contributed by atoms with Crippen LogP contribution in [0.5, 0.6) is 5.75 Å². The number of nitrogens with one attached hydrogen (secondary N) is 1. The highest BCUT2D eigenvalue weighted by Crippen LogP contribution is 2.33. The Labute approximate surface area is 146 Å². The molecule has 136 valence electrons. The Morgan fingerprint density at radius 3 is 2.31 bits per heavy atom. The molecular weight excluding hydrogens is 373 g/mol. The summed E-state index contributed by atoms with van der Waals surface area (Å²) in [5.41, 5.74) is -1.03. The molecule has 0 aliphatic rings. The number of rotatable bonds is 5. The lowest BCUT2D eigenvalue weighted by Gasteiger charge is -2.13. The van der Waals surface area contributed by atoms with E-state index < -0.39 is 39.2 Å². The average molecular weight is 384 g/mol. The van der Waals surface area contributed by atoms with Crippen LogP contribution in [0.25, 0.3) is 0 Å². The lowest BCUT2D eigenvalue weighted by atomic mass is 10.2. The first-order chi connectivity index (χ1) is 12.1. The van der Waals surface area contributed by atoms with Gasteiger partial charge in [-0.05, 0) is 36.4 Å². The number of carbonyl (C=O) groups excluding carboxylic acids is 1. The summed E-state index contributed by atoms with van der Waals surface area (Å²) in [6.45, 7) is -0.737. The Morgan fingerprint density at radius 1 is 1.12 bits per heavy atom. The summed E-state index contributed by atoms with van der Waals surface area (Å²) in [5, 5.41) is 8.66. The first-order valence-corrected chi connectivity index (χ1v) is 8.46. The molecule has 10 heteroatoms. The Bertz CT molecular complexity index is 949. The third-order valence-corrected chi connectivity index (χ3v) is 4.51. The number of ether oxygens (including phenoxy) is 1. The molecule has 0 saturated carbocycles. The first-order valence-electron chi connectivity index (χ1n) is 6.98. The van der Waals surface area contributed by atoms with E-state index in [1.165, 1.54) is 29.0 Å². The van der Waals surface area contributed by atoms with Crippen LogP contribution in [0, 0.1) is 11.3 Å². The van der Waals surface area contributed by atoms with Crippen LogP contribution in [-0.4, -0.2) is 20.9 Å². The van der Waals surface area contributed by atoms with E-state index in [9.17, 15) is 26.4 Å². The van der Waals surface area contributed by atoms with E-state index in [1.807, 2.05) is 6.07 Å². The monoisotopic (exact) mass is 384 g/mol. The van der Waals surface area contributed by atoms with Crippen LogP contribution >= 0.6 is 0 Å². The SMILES string of the molecule is N#Cc1ccc(OCC(=O)NS(=O)(=O)c2ccccc2C(F)(F)F)cc1. The average Bonchev–Trinajstić information content (AvgIpc) is 2.59. The third kappa shape index (κ3) is 4.73. The fourth-order valence-corrected chi connectivity index (χ4v) is 3.14. The minimum absolute atomic E-state index is 0.187. The van der Waals surface area contributed by atoms with Gasteiger partial charge in [-0.15, -0.1) is 0 Å². The highest BCUT2D eigenvalue weighted by Gasteiger charge is 2.37. The van der Waals surface area contributed by atoms with Crippen LogP contribution in [-0.2, 0) is 21.0 Å². The molecule has 0 radical (unpaired) electrons. The first kappa shape index (κ1) is 19.3. The molecule has 26 heavy (non-hydrogen) atoms. The van der Waals surface area contributed by atoms with Gasteiger partial charge in [0.1, 0.15) is 5.75 Å². The summed E-state index contributed by atoms with van der Waals surface area (Å²) in [7, 11) is -4.73. The molecule has 2 aromatic carbocycles. The maximum absolute atomic E-state index is 12.9. The molecular formula is C16H11F3N2O4S. The summed E-state index contributed by atoms with van der Waals surface area (Å²) in [4.78, 5) is 10.7. The third-order valence-electron chi connectivity index (χ3n) is 3.08. The summed E-state index contributed by atoms with van der Waals surface area (Å²) >= 11 is 0. The molecule has 0 heterocycles. The van der Waals surface area contributed by atoms with E-state index in [0.717, 1.165) is 18.2 Å². The maximum Gasteiger partial charge on any atom is 0.417 e. The number of sulfonamides is 1. The predicted molar refractivity (Wildman–Crippen MR) is 83.4 cm³/mol. The van der Waals surface area contributed by atoms with Crippen LogP contribution < -0.4 is 9.46 Å². The standard InChI is InChI=1S/C16H11F3N2O4S/c17-16(18,19)13-3-1-2-4-14(13)26(23,24)21-15(22)10-25-12-7-5-11(9-20)6-8-12/h1-8H,10H2,(H,21,22). The van der Waals surface area contributed by atoms with Crippen LogP contribution in [0.3, 0.4) is 0 Å². The van der Waals surface area contributed by atoms with Gasteiger partial charge < -0.3 is 4.74 Å². The minimum atomic E-state index is -4.90. The van der Waals surface area contributed by atoms with E-state index in [2.05, 4.69) is 0 Å². The number of carbonyl (C=O) groups is 1. The predicted octanol–water partition coefficient (Wildman–Crippen LogP) is 2.46. The van der Waals surface area contributed by atoms with Crippen molar-refractivity contribution in [2.75, 3.05) is 6.61 Å². The number of amides is 1. The van der Waals surface area contributed by atoms with Gasteiger partial charge in [0.05, 0.1) is 22.1 Å². The highest BCUT2D eigenvalue weighted by molar-refractivity contribution is 7.90. The quantitative estimate of drug-likeness (QED) is 0.854. The number of alkyl halides is 3. The molecule has 2 aromatic rings. The molecule has 1 amide bonds. The number of halogens is 3. The maximum atomic E-state index is 12.9. The molecule has 1 N–H and O–H groups in total. The zero-order valence-corrected chi connectivity index (χ0v) is 13.8. The summed E-state index contributed by atoms with van der Waals surface area (Å²) in [6, 6.07) is 11.0. The van der Waals surface area contributed by atoms with Gasteiger partial charge in [-0.2, -0.15) is 18.4 Å². The van der Waals surface area contributed by atoms with Crippen molar-refractivity contribution in [2.24, 2.45) is 0 Å². The van der Waals surface area contributed by atoms with Crippen LogP contribution in [0.15, 0.2) is 53.4 Å². The van der Waals surface area contributed by atoms with Crippen LogP contribution in [0.4, 0.5) is 13.2 Å². The highest BCUT2D eigenvalue weighted by atomic mass is 32.2. The number of nitriles is 1. The largest absolute Gasteiger partial charge is 0.484 e. The topological polar surface area (TPSA) is 96.3 Å². The lowest BCUT2D eigenvalue weighted by Crippen LogP contribution is -2.35. The van der Waals surface area contributed by atoms with Gasteiger partial charge in [-0.25, -0.2) is 13.1 Å². The fraction of sp³-hybridized carbons (Fsp3) is 0.125. The van der Waals surface area contributed by atoms with Gasteiger partial charge in [0.2, 0.25) is 0 Å². The van der Waals surface area contributed by atoms with E-state index in [-0.39, 0.29) is 5.75 Å². The lowest BCUT2D eigenvalue weighted by molar-refractivity contribution is -0.140. The molecule has 0 fully saturated rings. The second-order valence-corrected chi connectivity index (χ2v) is 6.60. The van der Waals surface area contributed by atoms with Gasteiger partial charge in [0, 0.05) is 0 Å². The molecule has 0 unspecified atom stereocenters. The van der Waals surface area contributed by atoms with Crippen molar-refractivity contribution in [3.8, 4) is 11.8 Å². The fourth-order valence-electron chi connectivity index (χ4n) is 1.94. The molecule has 2 rings (SSSR count). The van der Waals surface area contributed by atoms with Crippen molar-refractivity contribution >= 4 is 15.9 Å². The molecule has 0 bridgehead atoms. The zero-order valence-electron chi connectivity index (χ0n) is 12.9. The summed E-state index contributed by atoms with van der Waals surface area (Å²) in [6.07, 6.45) is -4.90. The normalized spacial score (nSPS) is 11.5. The number of hydrogen-bond donors (Lipinski definition) is 1. The second-order valence-electron chi connectivity index (χ2n) is 4.95. The molecule has 0 aromatic heterocycles. The molecule has 0 spiro atoms. The minimum Gasteiger partial charge on any atom is -0.484 e. The number of nitrogens with zero attached hydrogens (tertiary/aromatic N) is 1. The van der Waals surface area contributed by atoms with E-state index in [1.54, 1.807) is 0 Å². The molecule has 0 saturated heterocycles. The Morgan fingerprint density at radius 2 is 1.73 bits per heavy atom. The molecule has 6 nitrogen and oxygen atoms in total. The smallest absolute Gasteiger partial charge is 0.417 e. The zero-order chi connectivity index (χ0) is 19.4. The second kappa shape index (κ2) is 7.45. The van der Waals surface area contributed by atoms with E-state index >= 15 is 0 Å². The molecule has 0 atom stereocenters. The van der Waals surface area contributed by atoms with E-state index in [4.69, 9.17) is 10.00 Å². The Balaban J connectivity index is 2.09. The van der Waals surface area contributed by atoms with Crippen LogP contribution in [0.1, 0.15) is 11.1 Å². The summed E-state index contributed by atoms with van der Waals surface area (Å²) in [5.74, 6) is -0.960. The van der Waals surface area contributed by atoms with Crippen LogP contribution in [0.2, 0.25) is 0 Å². The molecule has 0 aliphatic heterocycles. The summed E-state index contributed by atoms with van der Waals surface area (Å²) < 4.78 is 69.5. The van der Waals surface area contributed by atoms with Crippen molar-refractivity contribution < 1.29 is 31.1 Å². The van der Waals surface area contributed by atoms with Crippen molar-refractivity contribution in [1.82, 2.24) is 4.72 Å². The van der Waals surface area contributed by atoms with Gasteiger partial charge in [0.15, 0.2) is 6.61 Å². The van der Waals surface area contributed by atoms with Crippen molar-refractivity contribution in [3.05, 3.63) is 59.7 Å². The van der Waals surface area contributed by atoms with Gasteiger partial charge in [-0.3, -0.25) is 4.79 Å². The number of benzene rings is 2. The van der Waals surface area contributed by atoms with Gasteiger partial charge >= 0.3 is 6.18 Å².